The Bertz CT molecular complexity index is 1050. The molecule has 2 aromatic heterocycles. The molecular formula is C20H23ClFN3O3. The van der Waals surface area contributed by atoms with E-state index in [4.69, 9.17) is 0 Å². The van der Waals surface area contributed by atoms with Crippen molar-refractivity contribution in [3.63, 3.8) is 0 Å². The first-order valence-electron chi connectivity index (χ1n) is 9.58. The van der Waals surface area contributed by atoms with E-state index in [0.717, 1.165) is 43.5 Å². The quantitative estimate of drug-likeness (QED) is 0.641. The molecule has 3 atom stereocenters. The van der Waals surface area contributed by atoms with Crippen molar-refractivity contribution in [1.82, 2.24) is 4.40 Å². The summed E-state index contributed by atoms with van der Waals surface area (Å²) < 4.78 is 16.3. The molecule has 1 aliphatic heterocycles. The van der Waals surface area contributed by atoms with Crippen molar-refractivity contribution in [3.05, 3.63) is 45.1 Å². The molecule has 0 radical (unpaired) electrons. The second kappa shape index (κ2) is 6.46. The maximum Gasteiger partial charge on any atom is 0.341 e. The van der Waals surface area contributed by atoms with E-state index in [0.29, 0.717) is 29.1 Å². The number of nitrogens with zero attached hydrogens (tertiary/aromatic N) is 2. The number of aryl methyl sites for hydroxylation is 1. The lowest BCUT2D eigenvalue weighted by molar-refractivity contribution is -0.392. The lowest BCUT2D eigenvalue weighted by atomic mass is 10.0. The molecule has 1 saturated heterocycles. The fourth-order valence-corrected chi connectivity index (χ4v) is 4.97. The maximum absolute atomic E-state index is 15.1. The molecule has 0 bridgehead atoms. The number of carboxylic acid groups (broad SMARTS) is 1. The number of piperidine rings is 1. The number of anilines is 1. The first-order chi connectivity index (χ1) is 12.9. The fourth-order valence-electron chi connectivity index (χ4n) is 4.97. The summed E-state index contributed by atoms with van der Waals surface area (Å²) in [4.78, 5) is 26.2. The van der Waals surface area contributed by atoms with Crippen LogP contribution in [0.5, 0.6) is 0 Å². The molecule has 3 aliphatic rings. The number of hydrogen-bond donors (Lipinski definition) is 2. The molecule has 28 heavy (non-hydrogen) atoms. The van der Waals surface area contributed by atoms with Crippen LogP contribution in [0.25, 0.3) is 5.52 Å². The van der Waals surface area contributed by atoms with Gasteiger partial charge in [0.1, 0.15) is 5.56 Å². The third kappa shape index (κ3) is 2.71. The molecule has 3 heterocycles. The highest BCUT2D eigenvalue weighted by molar-refractivity contribution is 5.89. The molecule has 6 nitrogen and oxygen atoms in total. The van der Waals surface area contributed by atoms with Crippen LogP contribution in [0.2, 0.25) is 0 Å². The number of hydrogen-bond acceptors (Lipinski definition) is 3. The molecule has 4 N–H and O–H groups in total. The topological polar surface area (TPSA) is 89.7 Å². The second-order valence-corrected chi connectivity index (χ2v) is 8.29. The van der Waals surface area contributed by atoms with Crippen LogP contribution >= 0.6 is 0 Å². The summed E-state index contributed by atoms with van der Waals surface area (Å²) in [6.07, 6.45) is 4.13. The molecule has 5 rings (SSSR count). The molecule has 0 spiro atoms. The van der Waals surface area contributed by atoms with Gasteiger partial charge in [0.15, 0.2) is 5.82 Å². The minimum absolute atomic E-state index is 0. The van der Waals surface area contributed by atoms with Crippen molar-refractivity contribution >= 4 is 17.2 Å². The lowest BCUT2D eigenvalue weighted by Gasteiger charge is -2.30. The van der Waals surface area contributed by atoms with E-state index in [1.54, 1.807) is 0 Å². The highest BCUT2D eigenvalue weighted by Crippen LogP contribution is 2.46. The van der Waals surface area contributed by atoms with Crippen molar-refractivity contribution in [3.8, 4) is 0 Å². The Labute approximate surface area is 167 Å². The fraction of sp³-hybridized carbons (Fsp3) is 0.500. The molecule has 2 aromatic rings. The zero-order valence-electron chi connectivity index (χ0n) is 15.6. The van der Waals surface area contributed by atoms with Crippen LogP contribution < -0.4 is 28.6 Å². The Hall–Kier alpha value is -2.12. The smallest absolute Gasteiger partial charge is 0.341 e. The largest absolute Gasteiger partial charge is 1.00 e. The average molecular weight is 408 g/mol. The van der Waals surface area contributed by atoms with Crippen LogP contribution in [-0.4, -0.2) is 34.6 Å². The molecular weight excluding hydrogens is 385 g/mol. The van der Waals surface area contributed by atoms with E-state index in [1.165, 1.54) is 16.7 Å². The van der Waals surface area contributed by atoms with Gasteiger partial charge in [-0.1, -0.05) is 0 Å². The number of fused-ring (bicyclic) bond motifs is 2. The van der Waals surface area contributed by atoms with E-state index in [-0.39, 0.29) is 23.9 Å². The average Bonchev–Trinajstić information content (AvgIpc) is 3.54. The van der Waals surface area contributed by atoms with Gasteiger partial charge in [-0.05, 0) is 49.3 Å². The Kier molecular flexibility index (Phi) is 4.43. The van der Waals surface area contributed by atoms with E-state index in [2.05, 4.69) is 10.6 Å². The van der Waals surface area contributed by atoms with Crippen molar-refractivity contribution in [1.29, 1.82) is 0 Å². The van der Waals surface area contributed by atoms with Crippen LogP contribution in [0.1, 0.15) is 46.7 Å². The van der Waals surface area contributed by atoms with Gasteiger partial charge in [-0.3, -0.25) is 9.20 Å². The van der Waals surface area contributed by atoms with Gasteiger partial charge in [0.25, 0.3) is 5.56 Å². The summed E-state index contributed by atoms with van der Waals surface area (Å²) in [6, 6.07) is 1.97. The molecule has 2 aliphatic carbocycles. The van der Waals surface area contributed by atoms with Crippen LogP contribution in [0.3, 0.4) is 0 Å². The van der Waals surface area contributed by atoms with Crippen molar-refractivity contribution in [2.24, 2.45) is 11.8 Å². The monoisotopic (exact) mass is 407 g/mol. The summed E-state index contributed by atoms with van der Waals surface area (Å²) in [6.45, 7) is 3.43. The standard InChI is InChI=1S/C20H22FN3O3.ClH/c1-9-17-12(10-2-3-10)6-13(20(26)27)19(25)24(17)8-15(21)18(9)23-5-4-11-14(7-23)16(11)22;/h6,8,10-11,14,16H,2-5,7,22H2,1H3,(H,26,27);1H/t11-,14+,16-;/m0./s1. The minimum atomic E-state index is -1.27. The molecule has 0 unspecified atom stereocenters. The second-order valence-electron chi connectivity index (χ2n) is 8.29. The highest BCUT2D eigenvalue weighted by atomic mass is 35.5. The highest BCUT2D eigenvalue weighted by Gasteiger charge is 2.54. The SMILES string of the molecule is Cc1c(N2CC[C@@H]3[C@H]([NH3+])[C@@H]3C2)c(F)cn2c(=O)c(C(=O)O)cc(C3CC3)c12.[Cl-]. The third-order valence-corrected chi connectivity index (χ3v) is 6.68. The number of quaternary nitrogens is 1. The molecule has 8 heteroatoms. The predicted octanol–water partition coefficient (Wildman–Crippen LogP) is -1.61. The number of aromatic nitrogens is 1. The van der Waals surface area contributed by atoms with E-state index in [1.807, 2.05) is 6.92 Å². The summed E-state index contributed by atoms with van der Waals surface area (Å²) in [5.41, 5.74) is 6.02. The number of carboxylic acids is 1. The number of aromatic carboxylic acids is 1. The third-order valence-electron chi connectivity index (χ3n) is 6.68. The Morgan fingerprint density at radius 1 is 1.29 bits per heavy atom. The molecule has 150 valence electrons. The molecule has 0 amide bonds. The van der Waals surface area contributed by atoms with Gasteiger partial charge in [-0.2, -0.15) is 0 Å². The van der Waals surface area contributed by atoms with Gasteiger partial charge >= 0.3 is 5.97 Å². The van der Waals surface area contributed by atoms with Gasteiger partial charge < -0.3 is 28.1 Å². The Morgan fingerprint density at radius 2 is 2.00 bits per heavy atom. The van der Waals surface area contributed by atoms with Crippen molar-refractivity contribution in [2.45, 2.75) is 38.1 Å². The number of halogens is 2. The van der Waals surface area contributed by atoms with Gasteiger partial charge in [0.05, 0.1) is 23.4 Å². The van der Waals surface area contributed by atoms with E-state index < -0.39 is 17.3 Å². The summed E-state index contributed by atoms with van der Waals surface area (Å²) in [5.74, 6) is -0.308. The molecule has 0 aromatic carbocycles. The van der Waals surface area contributed by atoms with Crippen LogP contribution in [-0.2, 0) is 0 Å². The molecule has 3 fully saturated rings. The van der Waals surface area contributed by atoms with Gasteiger partial charge in [-0.15, -0.1) is 0 Å². The zero-order chi connectivity index (χ0) is 19.0. The molecule has 2 saturated carbocycles. The predicted molar refractivity (Wildman–Crippen MR) is 97.8 cm³/mol. The number of rotatable bonds is 3. The normalized spacial score (nSPS) is 26.0. The summed E-state index contributed by atoms with van der Waals surface area (Å²) in [5, 5.41) is 9.39. The Morgan fingerprint density at radius 3 is 2.61 bits per heavy atom. The zero-order valence-corrected chi connectivity index (χ0v) is 16.4. The van der Waals surface area contributed by atoms with E-state index in [9.17, 15) is 14.7 Å². The van der Waals surface area contributed by atoms with Gasteiger partial charge in [0.2, 0.25) is 0 Å². The number of pyridine rings is 2. The summed E-state index contributed by atoms with van der Waals surface area (Å²) >= 11 is 0. The van der Waals surface area contributed by atoms with Crippen LogP contribution in [0.15, 0.2) is 17.1 Å². The van der Waals surface area contributed by atoms with Crippen LogP contribution in [0, 0.1) is 24.6 Å². The van der Waals surface area contributed by atoms with Gasteiger partial charge in [0, 0.05) is 24.9 Å². The maximum atomic E-state index is 15.1. The lowest BCUT2D eigenvalue weighted by Crippen LogP contribution is -3.00. The van der Waals surface area contributed by atoms with E-state index >= 15 is 4.39 Å². The summed E-state index contributed by atoms with van der Waals surface area (Å²) in [7, 11) is 0. The van der Waals surface area contributed by atoms with Crippen molar-refractivity contribution in [2.75, 3.05) is 18.0 Å². The number of carbonyl (C=O) groups is 1. The minimum Gasteiger partial charge on any atom is -1.00 e. The first kappa shape index (κ1) is 19.2. The van der Waals surface area contributed by atoms with Gasteiger partial charge in [-0.25, -0.2) is 9.18 Å². The van der Waals surface area contributed by atoms with Crippen LogP contribution in [0.4, 0.5) is 10.1 Å². The van der Waals surface area contributed by atoms with Crippen molar-refractivity contribution < 1.29 is 32.4 Å². The Balaban J connectivity index is 0.00000192. The first-order valence-corrected chi connectivity index (χ1v) is 9.58.